The number of benzene rings is 1. The van der Waals surface area contributed by atoms with Gasteiger partial charge in [0.05, 0.1) is 5.60 Å². The van der Waals surface area contributed by atoms with Crippen LogP contribution in [0.4, 0.5) is 4.39 Å². The molecule has 0 spiro atoms. The molecule has 1 aromatic rings. The third-order valence-corrected chi connectivity index (χ3v) is 3.31. The van der Waals surface area contributed by atoms with E-state index in [1.165, 1.54) is 30.0 Å². The number of carbonyl (C=O) groups excluding carboxylic acids is 1. The van der Waals surface area contributed by atoms with Crippen molar-refractivity contribution >= 4 is 23.7 Å². The van der Waals surface area contributed by atoms with Crippen molar-refractivity contribution in [1.82, 2.24) is 5.32 Å². The molecule has 0 aliphatic rings. The molecule has 0 saturated carbocycles. The molecule has 0 aliphatic heterocycles. The molecular weight excluding hydrogens is 265 g/mol. The molecule has 0 radical (unpaired) electrons. The van der Waals surface area contributed by atoms with Crippen molar-refractivity contribution < 1.29 is 14.3 Å². The molecule has 1 atom stereocenters. The molecule has 5 heteroatoms. The monoisotopic (exact) mass is 283 g/mol. The Kier molecular flexibility index (Phi) is 6.05. The second-order valence-corrected chi connectivity index (χ2v) is 5.40. The fraction of sp³-hybridized carbons (Fsp3) is 0.357. The average molecular weight is 283 g/mol. The van der Waals surface area contributed by atoms with Gasteiger partial charge in [-0.2, -0.15) is 11.8 Å². The lowest BCUT2D eigenvalue weighted by Crippen LogP contribution is -2.41. The average Bonchev–Trinajstić information content (AvgIpc) is 2.36. The highest BCUT2D eigenvalue weighted by atomic mass is 32.2. The molecule has 19 heavy (non-hydrogen) atoms. The van der Waals surface area contributed by atoms with Gasteiger partial charge in [-0.1, -0.05) is 12.1 Å². The van der Waals surface area contributed by atoms with Crippen molar-refractivity contribution in [3.05, 3.63) is 41.7 Å². The minimum atomic E-state index is -0.918. The van der Waals surface area contributed by atoms with Crippen LogP contribution in [-0.2, 0) is 4.79 Å². The van der Waals surface area contributed by atoms with Crippen LogP contribution < -0.4 is 5.32 Å². The van der Waals surface area contributed by atoms with Crippen LogP contribution in [0.2, 0.25) is 0 Å². The van der Waals surface area contributed by atoms with E-state index in [0.29, 0.717) is 5.75 Å². The van der Waals surface area contributed by atoms with E-state index in [1.54, 1.807) is 25.1 Å². The zero-order chi connectivity index (χ0) is 14.3. The van der Waals surface area contributed by atoms with Crippen LogP contribution in [0.15, 0.2) is 30.3 Å². The van der Waals surface area contributed by atoms with Crippen LogP contribution in [0.1, 0.15) is 12.5 Å². The fourth-order valence-corrected chi connectivity index (χ4v) is 2.17. The molecule has 0 saturated heterocycles. The second kappa shape index (κ2) is 7.31. The molecule has 0 heterocycles. The van der Waals surface area contributed by atoms with E-state index in [1.807, 2.05) is 6.26 Å². The van der Waals surface area contributed by atoms with Crippen LogP contribution in [0.5, 0.6) is 0 Å². The Balaban J connectivity index is 2.45. The third kappa shape index (κ3) is 6.40. The number of halogens is 1. The zero-order valence-corrected chi connectivity index (χ0v) is 11.8. The van der Waals surface area contributed by atoms with Gasteiger partial charge >= 0.3 is 0 Å². The molecule has 1 rings (SSSR count). The fourth-order valence-electron chi connectivity index (χ4n) is 1.44. The maximum Gasteiger partial charge on any atom is 0.244 e. The summed E-state index contributed by atoms with van der Waals surface area (Å²) in [6, 6.07) is 5.84. The first kappa shape index (κ1) is 15.7. The standard InChI is InChI=1S/C14H18FNO2S/c1-14(18,10-19-2)9-16-13(17)8-5-11-3-6-12(15)7-4-11/h3-8,18H,9-10H2,1-2H3,(H,16,17)/b8-5+. The first-order valence-corrected chi connectivity index (χ1v) is 7.25. The summed E-state index contributed by atoms with van der Waals surface area (Å²) >= 11 is 1.52. The normalized spacial score (nSPS) is 14.3. The minimum absolute atomic E-state index is 0.195. The van der Waals surface area contributed by atoms with Crippen molar-refractivity contribution in [2.24, 2.45) is 0 Å². The summed E-state index contributed by atoms with van der Waals surface area (Å²) < 4.78 is 12.7. The molecule has 1 amide bonds. The predicted molar refractivity (Wildman–Crippen MR) is 77.4 cm³/mol. The summed E-state index contributed by atoms with van der Waals surface area (Å²) in [4.78, 5) is 11.5. The summed E-state index contributed by atoms with van der Waals surface area (Å²) in [5.74, 6) is -0.0463. The molecule has 1 aromatic carbocycles. The summed E-state index contributed by atoms with van der Waals surface area (Å²) in [6.45, 7) is 1.87. The highest BCUT2D eigenvalue weighted by Gasteiger charge is 2.19. The topological polar surface area (TPSA) is 49.3 Å². The smallest absolute Gasteiger partial charge is 0.244 e. The Morgan fingerprint density at radius 2 is 2.11 bits per heavy atom. The third-order valence-electron chi connectivity index (χ3n) is 2.40. The van der Waals surface area contributed by atoms with Crippen LogP contribution >= 0.6 is 11.8 Å². The molecular formula is C14H18FNO2S. The molecule has 1 unspecified atom stereocenters. The molecule has 2 N–H and O–H groups in total. The zero-order valence-electron chi connectivity index (χ0n) is 11.0. The van der Waals surface area contributed by atoms with Crippen LogP contribution in [0.25, 0.3) is 6.08 Å². The van der Waals surface area contributed by atoms with Gasteiger partial charge in [0.15, 0.2) is 0 Å². The minimum Gasteiger partial charge on any atom is -0.387 e. The summed E-state index contributed by atoms with van der Waals surface area (Å²) in [7, 11) is 0. The van der Waals surface area contributed by atoms with Crippen molar-refractivity contribution in [2.45, 2.75) is 12.5 Å². The summed E-state index contributed by atoms with van der Waals surface area (Å²) in [5.41, 5.74) is -0.175. The number of carbonyl (C=O) groups is 1. The SMILES string of the molecule is CSCC(C)(O)CNC(=O)/C=C/c1ccc(F)cc1. The summed E-state index contributed by atoms with van der Waals surface area (Å²) in [5, 5.41) is 12.5. The molecule has 0 aliphatic carbocycles. The van der Waals surface area contributed by atoms with Crippen LogP contribution in [-0.4, -0.2) is 35.2 Å². The quantitative estimate of drug-likeness (QED) is 0.786. The van der Waals surface area contributed by atoms with Gasteiger partial charge in [-0.25, -0.2) is 4.39 Å². The Hall–Kier alpha value is -1.33. The van der Waals surface area contributed by atoms with E-state index in [0.717, 1.165) is 5.56 Å². The Morgan fingerprint density at radius 3 is 2.68 bits per heavy atom. The van der Waals surface area contributed by atoms with E-state index in [2.05, 4.69) is 5.32 Å². The number of hydrogen-bond donors (Lipinski definition) is 2. The number of thioether (sulfide) groups is 1. The number of aliphatic hydroxyl groups is 1. The highest BCUT2D eigenvalue weighted by Crippen LogP contribution is 2.09. The lowest BCUT2D eigenvalue weighted by Gasteiger charge is -2.21. The number of amides is 1. The van der Waals surface area contributed by atoms with Crippen molar-refractivity contribution in [3.63, 3.8) is 0 Å². The lowest BCUT2D eigenvalue weighted by molar-refractivity contribution is -0.117. The second-order valence-electron chi connectivity index (χ2n) is 4.53. The van der Waals surface area contributed by atoms with Gasteiger partial charge in [0.1, 0.15) is 5.82 Å². The van der Waals surface area contributed by atoms with Crippen LogP contribution in [0.3, 0.4) is 0 Å². The van der Waals surface area contributed by atoms with E-state index in [4.69, 9.17) is 0 Å². The summed E-state index contributed by atoms with van der Waals surface area (Å²) in [6.07, 6.45) is 4.85. The van der Waals surface area contributed by atoms with Crippen molar-refractivity contribution in [1.29, 1.82) is 0 Å². The van der Waals surface area contributed by atoms with Crippen LogP contribution in [0, 0.1) is 5.82 Å². The van der Waals surface area contributed by atoms with Gasteiger partial charge in [-0.05, 0) is 37.0 Å². The Bertz CT molecular complexity index is 443. The van der Waals surface area contributed by atoms with E-state index in [9.17, 15) is 14.3 Å². The van der Waals surface area contributed by atoms with Gasteiger partial charge in [0.2, 0.25) is 5.91 Å². The largest absolute Gasteiger partial charge is 0.387 e. The predicted octanol–water partition coefficient (Wildman–Crippen LogP) is 2.07. The number of nitrogens with one attached hydrogen (secondary N) is 1. The Morgan fingerprint density at radius 1 is 1.47 bits per heavy atom. The lowest BCUT2D eigenvalue weighted by atomic mass is 10.1. The van der Waals surface area contributed by atoms with Crippen molar-refractivity contribution in [2.75, 3.05) is 18.6 Å². The van der Waals surface area contributed by atoms with Gasteiger partial charge in [-0.3, -0.25) is 4.79 Å². The highest BCUT2D eigenvalue weighted by molar-refractivity contribution is 7.98. The van der Waals surface area contributed by atoms with E-state index >= 15 is 0 Å². The molecule has 0 bridgehead atoms. The molecule has 3 nitrogen and oxygen atoms in total. The van der Waals surface area contributed by atoms with Gasteiger partial charge < -0.3 is 10.4 Å². The van der Waals surface area contributed by atoms with E-state index in [-0.39, 0.29) is 18.3 Å². The maximum atomic E-state index is 12.7. The van der Waals surface area contributed by atoms with Gasteiger partial charge in [-0.15, -0.1) is 0 Å². The number of hydrogen-bond acceptors (Lipinski definition) is 3. The maximum absolute atomic E-state index is 12.7. The van der Waals surface area contributed by atoms with Gasteiger partial charge in [0, 0.05) is 18.4 Å². The first-order valence-electron chi connectivity index (χ1n) is 5.86. The molecule has 0 aromatic heterocycles. The van der Waals surface area contributed by atoms with Gasteiger partial charge in [0.25, 0.3) is 0 Å². The van der Waals surface area contributed by atoms with Crippen molar-refractivity contribution in [3.8, 4) is 0 Å². The molecule has 0 fully saturated rings. The number of rotatable bonds is 6. The molecule has 104 valence electrons. The van der Waals surface area contributed by atoms with E-state index < -0.39 is 5.60 Å². The Labute approximate surface area is 116 Å². The first-order chi connectivity index (χ1) is 8.93.